The smallest absolute Gasteiger partial charge is 0.305 e. The van der Waals surface area contributed by atoms with Gasteiger partial charge >= 0.3 is 5.97 Å². The molecule has 0 spiro atoms. The topological polar surface area (TPSA) is 51.2 Å². The fraction of sp³-hybridized carbons (Fsp3) is 0.980. The van der Waals surface area contributed by atoms with Gasteiger partial charge in [0.25, 0.3) is 0 Å². The zero-order valence-corrected chi connectivity index (χ0v) is 38.7. The molecule has 0 bridgehead atoms. The Morgan fingerprint density at radius 1 is 0.600 bits per heavy atom. The number of ether oxygens (including phenoxy) is 3. The average Bonchev–Trinajstić information content (AvgIpc) is 3.14. The Morgan fingerprint density at radius 2 is 1.07 bits per heavy atom. The standard InChI is InChI=1S/C49H98N2O4/c1-42(2)28-30-47(44(5)6)40-54-36-24-20-16-11-10-13-17-21-25-46(39-50(9)32-33-51-34-37-53-38-35-51)26-22-18-14-12-15-19-23-27-49(52)55-41-48(45(7)8)31-29-43(3)4/h42-48H,10-41H2,1-9H3. The number of hydrogen-bond acceptors (Lipinski definition) is 6. The van der Waals surface area contributed by atoms with Crippen molar-refractivity contribution in [2.24, 2.45) is 41.4 Å². The third-order valence-corrected chi connectivity index (χ3v) is 12.5. The van der Waals surface area contributed by atoms with Gasteiger partial charge in [-0.3, -0.25) is 9.69 Å². The second-order valence-corrected chi connectivity index (χ2v) is 19.4. The van der Waals surface area contributed by atoms with E-state index in [9.17, 15) is 4.79 Å². The molecular formula is C49H98N2O4. The molecule has 0 aromatic carbocycles. The maximum Gasteiger partial charge on any atom is 0.305 e. The number of likely N-dealkylation sites (N-methyl/N-ethyl adjacent to an activating group) is 1. The van der Waals surface area contributed by atoms with E-state index in [0.717, 1.165) is 82.5 Å². The molecule has 0 aromatic rings. The molecule has 0 amide bonds. The number of morpholine rings is 1. The number of unbranched alkanes of at least 4 members (excludes halogenated alkanes) is 13. The van der Waals surface area contributed by atoms with Crippen LogP contribution in [0.4, 0.5) is 0 Å². The van der Waals surface area contributed by atoms with Crippen LogP contribution in [0.2, 0.25) is 0 Å². The Bertz CT molecular complexity index is 843. The molecule has 1 aliphatic heterocycles. The molecule has 328 valence electrons. The summed E-state index contributed by atoms with van der Waals surface area (Å²) in [6, 6.07) is 0. The van der Waals surface area contributed by atoms with Crippen molar-refractivity contribution in [2.75, 3.05) is 72.8 Å². The quantitative estimate of drug-likeness (QED) is 0.0460. The SMILES string of the molecule is CC(C)CCC(COCCCCCCCCCCC(CCCCCCCCCC(=O)OCC(CCC(C)C)C(C)C)CN(C)CCN1CCOCC1)C(C)C. The lowest BCUT2D eigenvalue weighted by Crippen LogP contribution is -2.41. The number of hydrogen-bond donors (Lipinski definition) is 0. The zero-order chi connectivity index (χ0) is 40.5. The van der Waals surface area contributed by atoms with Crippen molar-refractivity contribution in [3.05, 3.63) is 0 Å². The maximum absolute atomic E-state index is 12.4. The van der Waals surface area contributed by atoms with Gasteiger partial charge < -0.3 is 19.1 Å². The zero-order valence-electron chi connectivity index (χ0n) is 38.7. The number of carbonyl (C=O) groups excluding carboxylic acids is 1. The molecule has 6 nitrogen and oxygen atoms in total. The summed E-state index contributed by atoms with van der Waals surface area (Å²) in [5.41, 5.74) is 0. The summed E-state index contributed by atoms with van der Waals surface area (Å²) in [4.78, 5) is 17.5. The highest BCUT2D eigenvalue weighted by Crippen LogP contribution is 2.23. The number of rotatable bonds is 38. The summed E-state index contributed by atoms with van der Waals surface area (Å²) in [7, 11) is 2.35. The molecule has 3 atom stereocenters. The molecule has 1 saturated heterocycles. The van der Waals surface area contributed by atoms with E-state index in [0.29, 0.717) is 30.8 Å². The first-order valence-corrected chi connectivity index (χ1v) is 24.2. The number of esters is 1. The van der Waals surface area contributed by atoms with Crippen molar-refractivity contribution < 1.29 is 19.0 Å². The summed E-state index contributed by atoms with van der Waals surface area (Å²) >= 11 is 0. The monoisotopic (exact) mass is 779 g/mol. The summed E-state index contributed by atoms with van der Waals surface area (Å²) in [6.45, 7) is 28.5. The van der Waals surface area contributed by atoms with Crippen LogP contribution < -0.4 is 0 Å². The van der Waals surface area contributed by atoms with Gasteiger partial charge in [-0.05, 0) is 87.0 Å². The minimum atomic E-state index is 0.00962. The van der Waals surface area contributed by atoms with Crippen LogP contribution in [-0.4, -0.2) is 88.6 Å². The molecule has 1 heterocycles. The van der Waals surface area contributed by atoms with E-state index in [1.54, 1.807) is 0 Å². The molecule has 3 unspecified atom stereocenters. The van der Waals surface area contributed by atoms with E-state index < -0.39 is 0 Å². The Labute approximate surface area is 344 Å². The van der Waals surface area contributed by atoms with Crippen LogP contribution >= 0.6 is 0 Å². The molecule has 0 N–H and O–H groups in total. The van der Waals surface area contributed by atoms with Gasteiger partial charge in [0, 0.05) is 52.4 Å². The first-order valence-electron chi connectivity index (χ1n) is 24.2. The number of carbonyl (C=O) groups is 1. The van der Waals surface area contributed by atoms with Gasteiger partial charge in [-0.15, -0.1) is 0 Å². The van der Waals surface area contributed by atoms with Crippen LogP contribution in [0, 0.1) is 41.4 Å². The first-order chi connectivity index (χ1) is 26.5. The number of nitrogens with zero attached hydrogens (tertiary/aromatic N) is 2. The van der Waals surface area contributed by atoms with E-state index in [4.69, 9.17) is 14.2 Å². The summed E-state index contributed by atoms with van der Waals surface area (Å²) < 4.78 is 17.4. The molecule has 1 fully saturated rings. The molecule has 0 aliphatic carbocycles. The highest BCUT2D eigenvalue weighted by molar-refractivity contribution is 5.69. The van der Waals surface area contributed by atoms with Crippen molar-refractivity contribution in [3.63, 3.8) is 0 Å². The van der Waals surface area contributed by atoms with Crippen molar-refractivity contribution >= 4 is 5.97 Å². The van der Waals surface area contributed by atoms with Gasteiger partial charge in [0.2, 0.25) is 0 Å². The normalized spacial score (nSPS) is 15.9. The minimum Gasteiger partial charge on any atom is -0.465 e. The third kappa shape index (κ3) is 31.9. The van der Waals surface area contributed by atoms with Gasteiger partial charge in [-0.2, -0.15) is 0 Å². The molecule has 0 aromatic heterocycles. The minimum absolute atomic E-state index is 0.00962. The highest BCUT2D eigenvalue weighted by Gasteiger charge is 2.18. The van der Waals surface area contributed by atoms with Crippen molar-refractivity contribution in [2.45, 2.75) is 197 Å². The van der Waals surface area contributed by atoms with Gasteiger partial charge in [-0.25, -0.2) is 0 Å². The lowest BCUT2D eigenvalue weighted by Gasteiger charge is -2.30. The van der Waals surface area contributed by atoms with Crippen molar-refractivity contribution in [1.82, 2.24) is 9.80 Å². The lowest BCUT2D eigenvalue weighted by molar-refractivity contribution is -0.145. The lowest BCUT2D eigenvalue weighted by atomic mass is 9.89. The fourth-order valence-electron chi connectivity index (χ4n) is 8.10. The van der Waals surface area contributed by atoms with Crippen LogP contribution in [0.1, 0.15) is 197 Å². The molecule has 0 radical (unpaired) electrons. The molecule has 1 rings (SSSR count). The molecule has 55 heavy (non-hydrogen) atoms. The van der Waals surface area contributed by atoms with E-state index in [1.807, 2.05) is 0 Å². The van der Waals surface area contributed by atoms with Crippen LogP contribution in [0.15, 0.2) is 0 Å². The van der Waals surface area contributed by atoms with Crippen molar-refractivity contribution in [1.29, 1.82) is 0 Å². The van der Waals surface area contributed by atoms with E-state index >= 15 is 0 Å². The summed E-state index contributed by atoms with van der Waals surface area (Å²) in [6.07, 6.45) is 28.0. The average molecular weight is 779 g/mol. The summed E-state index contributed by atoms with van der Waals surface area (Å²) in [5, 5.41) is 0. The second kappa shape index (κ2) is 35.3. The van der Waals surface area contributed by atoms with Gasteiger partial charge in [0.15, 0.2) is 0 Å². The Kier molecular flexibility index (Phi) is 33.6. The molecule has 1 aliphatic rings. The Balaban J connectivity index is 2.22. The predicted molar refractivity (Wildman–Crippen MR) is 238 cm³/mol. The Morgan fingerprint density at radius 3 is 1.58 bits per heavy atom. The van der Waals surface area contributed by atoms with Crippen LogP contribution in [0.3, 0.4) is 0 Å². The first kappa shape index (κ1) is 52.3. The van der Waals surface area contributed by atoms with Crippen molar-refractivity contribution in [3.8, 4) is 0 Å². The highest BCUT2D eigenvalue weighted by atomic mass is 16.5. The van der Waals surface area contributed by atoms with E-state index in [-0.39, 0.29) is 5.97 Å². The van der Waals surface area contributed by atoms with Crippen LogP contribution in [-0.2, 0) is 19.0 Å². The summed E-state index contributed by atoms with van der Waals surface area (Å²) in [5.74, 6) is 4.83. The van der Waals surface area contributed by atoms with Gasteiger partial charge in [-0.1, -0.05) is 152 Å². The molecule has 6 heteroatoms. The largest absolute Gasteiger partial charge is 0.465 e. The van der Waals surface area contributed by atoms with Crippen LogP contribution in [0.5, 0.6) is 0 Å². The fourth-order valence-corrected chi connectivity index (χ4v) is 8.10. The van der Waals surface area contributed by atoms with Crippen LogP contribution in [0.25, 0.3) is 0 Å². The van der Waals surface area contributed by atoms with Gasteiger partial charge in [0.05, 0.1) is 19.8 Å². The predicted octanol–water partition coefficient (Wildman–Crippen LogP) is 12.9. The second-order valence-electron chi connectivity index (χ2n) is 19.4. The maximum atomic E-state index is 12.4. The molecular weight excluding hydrogens is 681 g/mol. The Hall–Kier alpha value is -0.690. The van der Waals surface area contributed by atoms with E-state index in [1.165, 1.54) is 135 Å². The van der Waals surface area contributed by atoms with E-state index in [2.05, 4.69) is 72.2 Å². The van der Waals surface area contributed by atoms with Gasteiger partial charge in [0.1, 0.15) is 0 Å². The molecule has 0 saturated carbocycles. The third-order valence-electron chi connectivity index (χ3n) is 12.5.